The quantitative estimate of drug-likeness (QED) is 0.231. The van der Waals surface area contributed by atoms with Crippen LogP contribution in [0.4, 0.5) is 22.9 Å². The molecule has 2 N–H and O–H groups in total. The zero-order valence-electron chi connectivity index (χ0n) is 22.2. The summed E-state index contributed by atoms with van der Waals surface area (Å²) < 4.78 is 6.24. The van der Waals surface area contributed by atoms with Gasteiger partial charge in [0.15, 0.2) is 11.5 Å². The highest BCUT2D eigenvalue weighted by Crippen LogP contribution is 2.43. The third kappa shape index (κ3) is 4.00. The average Bonchev–Trinajstić information content (AvgIpc) is 3.33. The maximum absolute atomic E-state index is 6.37. The molecule has 0 saturated heterocycles. The Kier molecular flexibility index (Phi) is 5.83. The highest BCUT2D eigenvalue weighted by Gasteiger charge is 2.20. The number of fused-ring (bicyclic) bond motifs is 4. The summed E-state index contributed by atoms with van der Waals surface area (Å²) in [5, 5.41) is 5.87. The molecule has 1 heterocycles. The van der Waals surface area contributed by atoms with E-state index in [2.05, 4.69) is 126 Å². The predicted octanol–water partition coefficient (Wildman–Crippen LogP) is 10.5. The third-order valence-electron chi connectivity index (χ3n) is 7.56. The largest absolute Gasteiger partial charge is 0.438 e. The molecule has 6 aromatic carbocycles. The van der Waals surface area contributed by atoms with Gasteiger partial charge in [0.2, 0.25) is 0 Å². The van der Waals surface area contributed by atoms with Crippen LogP contribution >= 0.6 is 0 Å². The second-order valence-corrected chi connectivity index (χ2v) is 9.97. The van der Waals surface area contributed by atoms with E-state index in [1.54, 1.807) is 0 Å². The summed E-state index contributed by atoms with van der Waals surface area (Å²) in [7, 11) is 0. The molecule has 3 heteroatoms. The van der Waals surface area contributed by atoms with Gasteiger partial charge in [-0.1, -0.05) is 109 Å². The standard InChI is InChI=1S/C37H28N2O/c1-2-9-33-32-14-8-15-35(36(32)40-37(33)38)39(29-21-18-26(19-22-29)25-10-4-3-5-11-25)30-23-20-28-17-16-27-12-6-7-13-31(27)34(28)24-30/h2-24H,38H2,1H3/b9-2-. The lowest BCUT2D eigenvalue weighted by atomic mass is 10.0. The fourth-order valence-electron chi connectivity index (χ4n) is 5.65. The molecular formula is C37H28N2O. The molecule has 0 saturated carbocycles. The fraction of sp³-hybridized carbons (Fsp3) is 0.0270. The van der Waals surface area contributed by atoms with Crippen LogP contribution in [0, 0.1) is 0 Å². The molecule has 0 amide bonds. The lowest BCUT2D eigenvalue weighted by Crippen LogP contribution is -2.10. The number of anilines is 4. The summed E-state index contributed by atoms with van der Waals surface area (Å²) in [6, 6.07) is 45.0. The average molecular weight is 517 g/mol. The first-order valence-electron chi connectivity index (χ1n) is 13.5. The predicted molar refractivity (Wildman–Crippen MR) is 170 cm³/mol. The monoisotopic (exact) mass is 516 g/mol. The van der Waals surface area contributed by atoms with E-state index in [1.165, 1.54) is 32.7 Å². The van der Waals surface area contributed by atoms with Gasteiger partial charge in [-0.15, -0.1) is 0 Å². The molecule has 0 radical (unpaired) electrons. The van der Waals surface area contributed by atoms with E-state index in [9.17, 15) is 0 Å². The maximum atomic E-state index is 6.37. The number of hydrogen-bond acceptors (Lipinski definition) is 3. The number of nitrogens with zero attached hydrogens (tertiary/aromatic N) is 1. The topological polar surface area (TPSA) is 42.4 Å². The third-order valence-corrected chi connectivity index (χ3v) is 7.56. The van der Waals surface area contributed by atoms with Crippen LogP contribution in [0.15, 0.2) is 138 Å². The molecule has 0 fully saturated rings. The molecule has 3 nitrogen and oxygen atoms in total. The number of nitrogens with two attached hydrogens (primary N) is 1. The minimum absolute atomic E-state index is 0.421. The Morgan fingerprint density at radius 3 is 2.05 bits per heavy atom. The number of allylic oxidation sites excluding steroid dienone is 1. The molecule has 1 aromatic heterocycles. The minimum Gasteiger partial charge on any atom is -0.438 e. The van der Waals surface area contributed by atoms with Crippen molar-refractivity contribution in [2.24, 2.45) is 0 Å². The van der Waals surface area contributed by atoms with Gasteiger partial charge in [0.05, 0.1) is 5.69 Å². The number of furan rings is 1. The molecular weight excluding hydrogens is 488 g/mol. The Morgan fingerprint density at radius 1 is 0.600 bits per heavy atom. The van der Waals surface area contributed by atoms with Gasteiger partial charge in [-0.05, 0) is 69.9 Å². The van der Waals surface area contributed by atoms with Gasteiger partial charge in [0.25, 0.3) is 0 Å². The van der Waals surface area contributed by atoms with Crippen LogP contribution in [0.5, 0.6) is 0 Å². The second-order valence-electron chi connectivity index (χ2n) is 9.97. The van der Waals surface area contributed by atoms with Gasteiger partial charge >= 0.3 is 0 Å². The molecule has 7 aromatic rings. The van der Waals surface area contributed by atoms with Crippen molar-refractivity contribution in [1.82, 2.24) is 0 Å². The van der Waals surface area contributed by atoms with Crippen LogP contribution < -0.4 is 10.6 Å². The number of hydrogen-bond donors (Lipinski definition) is 1. The van der Waals surface area contributed by atoms with Gasteiger partial charge in [-0.3, -0.25) is 0 Å². The molecule has 0 aliphatic heterocycles. The van der Waals surface area contributed by atoms with E-state index in [4.69, 9.17) is 10.2 Å². The summed E-state index contributed by atoms with van der Waals surface area (Å²) in [6.45, 7) is 1.99. The second kappa shape index (κ2) is 9.79. The van der Waals surface area contributed by atoms with E-state index in [0.29, 0.717) is 5.88 Å². The molecule has 0 aliphatic carbocycles. The molecule has 40 heavy (non-hydrogen) atoms. The van der Waals surface area contributed by atoms with Crippen LogP contribution in [0.25, 0.3) is 49.7 Å². The van der Waals surface area contributed by atoms with E-state index >= 15 is 0 Å². The SMILES string of the molecule is C/C=C\c1c(N)oc2c(N(c3ccc(-c4ccccc4)cc3)c3ccc4ccc5ccccc5c4c3)cccc12. The Morgan fingerprint density at radius 2 is 1.25 bits per heavy atom. The summed E-state index contributed by atoms with van der Waals surface area (Å²) in [5.74, 6) is 0.421. The number of rotatable bonds is 5. The Hall–Kier alpha value is -5.28. The van der Waals surface area contributed by atoms with E-state index in [-0.39, 0.29) is 0 Å². The van der Waals surface area contributed by atoms with Crippen molar-refractivity contribution in [2.75, 3.05) is 10.6 Å². The number of para-hydroxylation sites is 1. The first-order valence-corrected chi connectivity index (χ1v) is 13.5. The maximum Gasteiger partial charge on any atom is 0.199 e. The van der Waals surface area contributed by atoms with Crippen molar-refractivity contribution in [1.29, 1.82) is 0 Å². The van der Waals surface area contributed by atoms with Crippen molar-refractivity contribution < 1.29 is 4.42 Å². The van der Waals surface area contributed by atoms with Gasteiger partial charge < -0.3 is 15.1 Å². The number of benzene rings is 6. The van der Waals surface area contributed by atoms with Gasteiger partial charge in [-0.25, -0.2) is 0 Å². The van der Waals surface area contributed by atoms with Gasteiger partial charge in [0, 0.05) is 22.3 Å². The van der Waals surface area contributed by atoms with Crippen LogP contribution in [-0.4, -0.2) is 0 Å². The zero-order valence-corrected chi connectivity index (χ0v) is 22.2. The fourth-order valence-corrected chi connectivity index (χ4v) is 5.65. The van der Waals surface area contributed by atoms with Crippen LogP contribution in [0.1, 0.15) is 12.5 Å². The van der Waals surface area contributed by atoms with Crippen molar-refractivity contribution in [2.45, 2.75) is 6.92 Å². The van der Waals surface area contributed by atoms with Crippen molar-refractivity contribution in [3.8, 4) is 11.1 Å². The van der Waals surface area contributed by atoms with Gasteiger partial charge in [0.1, 0.15) is 0 Å². The van der Waals surface area contributed by atoms with Crippen molar-refractivity contribution in [3.05, 3.63) is 139 Å². The highest BCUT2D eigenvalue weighted by atomic mass is 16.3. The highest BCUT2D eigenvalue weighted by molar-refractivity contribution is 6.09. The number of nitrogen functional groups attached to an aromatic ring is 1. The molecule has 0 aliphatic rings. The summed E-state index contributed by atoms with van der Waals surface area (Å²) in [4.78, 5) is 2.26. The Labute approximate surface area is 233 Å². The van der Waals surface area contributed by atoms with E-state index in [0.717, 1.165) is 33.6 Å². The summed E-state index contributed by atoms with van der Waals surface area (Å²) >= 11 is 0. The summed E-state index contributed by atoms with van der Waals surface area (Å²) in [5.41, 5.74) is 13.4. The molecule has 0 spiro atoms. The lowest BCUT2D eigenvalue weighted by molar-refractivity contribution is 0.637. The Bertz CT molecular complexity index is 2020. The van der Waals surface area contributed by atoms with Crippen molar-refractivity contribution >= 4 is 61.5 Å². The molecule has 192 valence electrons. The smallest absolute Gasteiger partial charge is 0.199 e. The molecule has 0 bridgehead atoms. The molecule has 7 rings (SSSR count). The molecule has 0 unspecified atom stereocenters. The van der Waals surface area contributed by atoms with E-state index < -0.39 is 0 Å². The van der Waals surface area contributed by atoms with Crippen LogP contribution in [0.2, 0.25) is 0 Å². The van der Waals surface area contributed by atoms with Gasteiger partial charge in [-0.2, -0.15) is 0 Å². The normalized spacial score (nSPS) is 11.6. The minimum atomic E-state index is 0.421. The first kappa shape index (κ1) is 23.8. The first-order chi connectivity index (χ1) is 19.7. The zero-order chi connectivity index (χ0) is 27.1. The lowest BCUT2D eigenvalue weighted by Gasteiger charge is -2.26. The summed E-state index contributed by atoms with van der Waals surface area (Å²) in [6.07, 6.45) is 3.99. The van der Waals surface area contributed by atoms with E-state index in [1.807, 2.05) is 25.1 Å². The van der Waals surface area contributed by atoms with Crippen molar-refractivity contribution in [3.63, 3.8) is 0 Å². The van der Waals surface area contributed by atoms with Crippen LogP contribution in [-0.2, 0) is 0 Å². The Balaban J connectivity index is 1.47. The molecule has 0 atom stereocenters. The van der Waals surface area contributed by atoms with Crippen LogP contribution in [0.3, 0.4) is 0 Å².